The first kappa shape index (κ1) is 48.5. The van der Waals surface area contributed by atoms with Gasteiger partial charge in [0, 0.05) is 40.8 Å². The van der Waals surface area contributed by atoms with Crippen molar-refractivity contribution in [1.29, 1.82) is 0 Å². The molecule has 0 aliphatic carbocycles. The molecule has 0 saturated heterocycles. The third kappa shape index (κ3) is 53.1. The Kier molecular flexibility index (Phi) is 53.9. The van der Waals surface area contributed by atoms with Gasteiger partial charge in [0.05, 0.1) is 55.5 Å². The van der Waals surface area contributed by atoms with Crippen LogP contribution in [0.5, 0.6) is 0 Å². The van der Waals surface area contributed by atoms with Crippen molar-refractivity contribution >= 4 is 50.9 Å². The van der Waals surface area contributed by atoms with E-state index in [2.05, 4.69) is 103 Å². The minimum atomic E-state index is -0.601. The predicted molar refractivity (Wildman–Crippen MR) is 190 cm³/mol. The molecule has 36 heavy (non-hydrogen) atoms. The maximum Gasteiger partial charge on any atom is 0 e. The Morgan fingerprint density at radius 3 is 0.500 bits per heavy atom. The van der Waals surface area contributed by atoms with E-state index >= 15 is 0 Å². The second kappa shape index (κ2) is 40.0. The summed E-state index contributed by atoms with van der Waals surface area (Å²) in [7, 11) is 0.308. The van der Waals surface area contributed by atoms with Gasteiger partial charge in [0.1, 0.15) is 0 Å². The number of hydrogen-bond donors (Lipinski definition) is 0. The number of hydrogen-bond acceptors (Lipinski definition) is 0. The average molecular weight is 748 g/mol. The molecule has 6 heteroatoms. The van der Waals surface area contributed by atoms with Crippen molar-refractivity contribution in [3.05, 3.63) is 0 Å². The van der Waals surface area contributed by atoms with Crippen LogP contribution in [0.3, 0.4) is 0 Å². The molecule has 0 aliphatic heterocycles. The molecular formula is C30H75CuP3SiTe+3. The molecule has 0 heterocycles. The molecule has 0 unspecified atom stereocenters. The van der Waals surface area contributed by atoms with E-state index < -0.39 is 5.62 Å². The summed E-state index contributed by atoms with van der Waals surface area (Å²) in [6, 6.07) is 0. The summed E-state index contributed by atoms with van der Waals surface area (Å²) in [5.74, 6) is 0. The van der Waals surface area contributed by atoms with Crippen LogP contribution in [0.2, 0.25) is 19.6 Å². The molecule has 0 spiro atoms. The third-order valence-electron chi connectivity index (χ3n) is 5.43. The molecule has 0 N–H and O–H groups in total. The van der Waals surface area contributed by atoms with E-state index in [9.17, 15) is 0 Å². The largest absolute Gasteiger partial charge is 0 e. The molecule has 2 radical (unpaired) electrons. The zero-order chi connectivity index (χ0) is 28.0. The molecule has 0 bridgehead atoms. The normalized spacial score (nSPS) is 10.7. The summed E-state index contributed by atoms with van der Waals surface area (Å²) in [5, 5.41) is 0. The van der Waals surface area contributed by atoms with Crippen LogP contribution in [0.15, 0.2) is 0 Å². The summed E-state index contributed by atoms with van der Waals surface area (Å²) in [4.78, 5) is 0. The van der Waals surface area contributed by atoms with Gasteiger partial charge in [-0.25, -0.2) is 0 Å². The molecule has 0 atom stereocenters. The van der Waals surface area contributed by atoms with Gasteiger partial charge in [-0.05, 0) is 57.8 Å². The van der Waals surface area contributed by atoms with Gasteiger partial charge >= 0.3 is 46.8 Å². The second-order valence-corrected chi connectivity index (χ2v) is 34.8. The van der Waals surface area contributed by atoms with E-state index in [4.69, 9.17) is 0 Å². The maximum absolute atomic E-state index is 2.33. The molecule has 0 aromatic carbocycles. The van der Waals surface area contributed by atoms with Crippen LogP contribution in [0, 0.1) is 0 Å². The molecule has 0 fully saturated rings. The topological polar surface area (TPSA) is 0 Å². The van der Waals surface area contributed by atoms with Gasteiger partial charge in [0.15, 0.2) is 0 Å². The van der Waals surface area contributed by atoms with Gasteiger partial charge in [-0.2, -0.15) is 0 Å². The fourth-order valence-corrected chi connectivity index (χ4v) is 12.9. The van der Waals surface area contributed by atoms with Crippen molar-refractivity contribution in [2.45, 2.75) is 140 Å². The van der Waals surface area contributed by atoms with E-state index in [0.717, 1.165) is 0 Å². The zero-order valence-corrected chi connectivity index (χ0v) is 34.7. The average Bonchev–Trinajstić information content (AvgIpc) is 2.75. The molecule has 0 amide bonds. The van der Waals surface area contributed by atoms with Crippen molar-refractivity contribution in [3.8, 4) is 0 Å². The van der Waals surface area contributed by atoms with E-state index in [0.29, 0.717) is 0 Å². The van der Waals surface area contributed by atoms with Crippen LogP contribution in [0.25, 0.3) is 0 Å². The van der Waals surface area contributed by atoms with Gasteiger partial charge in [-0.15, -0.1) is 0 Å². The van der Waals surface area contributed by atoms with Crippen LogP contribution in [0.4, 0.5) is 0 Å². The first-order valence-electron chi connectivity index (χ1n) is 15.8. The van der Waals surface area contributed by atoms with Crippen LogP contribution < -0.4 is 0 Å². The standard InChI is InChI=1S/3C9H21P.C3H9SiTe.Cu/c3*1-4-7-10(8-5-2)9-6-3;1-4(2,3)5;/h3*4-9H2,1-3H3;1-3H3;/p+3. The zero-order valence-electron chi connectivity index (χ0n) is 27.4. The fraction of sp³-hybridized carbons (Fsp3) is 1.00. The third-order valence-corrected chi connectivity index (χ3v) is 16.3. The summed E-state index contributed by atoms with van der Waals surface area (Å²) in [6.07, 6.45) is 26.6. The fourth-order valence-electron chi connectivity index (χ4n) is 4.31. The minimum absolute atomic E-state index is 0. The molecule has 228 valence electrons. The van der Waals surface area contributed by atoms with E-state index in [-0.39, 0.29) is 40.8 Å². The van der Waals surface area contributed by atoms with Crippen molar-refractivity contribution < 1.29 is 17.1 Å². The summed E-state index contributed by atoms with van der Waals surface area (Å²) < 4.78 is 0. The van der Waals surface area contributed by atoms with Crippen LogP contribution in [-0.4, -0.2) is 82.6 Å². The Bertz CT molecular complexity index is 266. The Balaban J connectivity index is -0.000000121. The minimum Gasteiger partial charge on any atom is 0 e. The van der Waals surface area contributed by atoms with Gasteiger partial charge in [-0.1, -0.05) is 62.3 Å². The van der Waals surface area contributed by atoms with Gasteiger partial charge in [-0.3, -0.25) is 0 Å². The van der Waals surface area contributed by atoms with E-state index in [1.54, 1.807) is 55.5 Å². The monoisotopic (exact) mass is 749 g/mol. The quantitative estimate of drug-likeness (QED) is 0.0968. The first-order chi connectivity index (χ1) is 16.5. The van der Waals surface area contributed by atoms with E-state index in [1.807, 2.05) is 0 Å². The molecule has 0 rings (SSSR count). The van der Waals surface area contributed by atoms with Crippen molar-refractivity contribution in [2.75, 3.05) is 55.5 Å². The smallest absolute Gasteiger partial charge is 0 e. The van der Waals surface area contributed by atoms with Gasteiger partial charge in [0.2, 0.25) is 0 Å². The summed E-state index contributed by atoms with van der Waals surface area (Å²) >= 11 is 2.26. The van der Waals surface area contributed by atoms with Crippen molar-refractivity contribution in [3.63, 3.8) is 0 Å². The van der Waals surface area contributed by atoms with Crippen molar-refractivity contribution in [1.82, 2.24) is 0 Å². The number of rotatable bonds is 18. The SMILES string of the molecule is CCC[PH+](CCC)CCC.CCC[PH+](CCC)CCC.CCC[PH+](CCC)CCC.C[Si](C)(C)[Te].[Cu]. The van der Waals surface area contributed by atoms with Crippen LogP contribution >= 0.6 is 23.8 Å². The molecule has 0 aromatic rings. The molecule has 0 nitrogen and oxygen atoms in total. The molecule has 0 aromatic heterocycles. The van der Waals surface area contributed by atoms with Crippen molar-refractivity contribution in [2.24, 2.45) is 0 Å². The molecule has 0 saturated carbocycles. The Morgan fingerprint density at radius 1 is 0.361 bits per heavy atom. The van der Waals surface area contributed by atoms with Crippen LogP contribution in [-0.2, 0) is 17.1 Å². The summed E-state index contributed by atoms with van der Waals surface area (Å²) in [6.45, 7) is 27.8. The van der Waals surface area contributed by atoms with Gasteiger partial charge < -0.3 is 0 Å². The summed E-state index contributed by atoms with van der Waals surface area (Å²) in [5.41, 5.74) is -0.601. The van der Waals surface area contributed by atoms with Crippen LogP contribution in [0.1, 0.15) is 120 Å². The predicted octanol–water partition coefficient (Wildman–Crippen LogP) is 11.3. The second-order valence-electron chi connectivity index (χ2n) is 11.1. The Labute approximate surface area is 261 Å². The Hall–Kier alpha value is 2.82. The van der Waals surface area contributed by atoms with Gasteiger partial charge in [0.25, 0.3) is 0 Å². The molecule has 0 aliphatic rings. The molecular weight excluding hydrogens is 672 g/mol. The first-order valence-corrected chi connectivity index (χ1v) is 29.0. The maximum atomic E-state index is 2.33. The van der Waals surface area contributed by atoms with E-state index in [1.165, 1.54) is 57.8 Å². The Morgan fingerprint density at radius 2 is 0.444 bits per heavy atom.